The van der Waals surface area contributed by atoms with Crippen LogP contribution in [-0.2, 0) is 13.0 Å². The standard InChI is InChI=1S/C21H23N3O4.HI/c1-4-17(25-10-1)8-9-22-21(23-15-18-5-2-11-26-18)24-16-6-7-19-20(14-16)28-13-3-12-27-19;/h1-2,4-7,10-11,14H,3,8-9,12-13,15H2,(H2,22,23,24);1H. The largest absolute Gasteiger partial charge is 0.490 e. The Labute approximate surface area is 186 Å². The van der Waals surface area contributed by atoms with Crippen molar-refractivity contribution in [3.63, 3.8) is 0 Å². The first kappa shape index (κ1) is 21.1. The average molecular weight is 509 g/mol. The van der Waals surface area contributed by atoms with Crippen molar-refractivity contribution in [3.8, 4) is 11.5 Å². The van der Waals surface area contributed by atoms with Crippen LogP contribution in [0.4, 0.5) is 5.69 Å². The Morgan fingerprint density at radius 3 is 2.45 bits per heavy atom. The molecule has 0 radical (unpaired) electrons. The third-order valence-electron chi connectivity index (χ3n) is 4.23. The zero-order valence-electron chi connectivity index (χ0n) is 15.9. The zero-order chi connectivity index (χ0) is 19.0. The van der Waals surface area contributed by atoms with E-state index < -0.39 is 0 Å². The van der Waals surface area contributed by atoms with Gasteiger partial charge in [-0.2, -0.15) is 0 Å². The van der Waals surface area contributed by atoms with E-state index in [1.807, 2.05) is 42.5 Å². The summed E-state index contributed by atoms with van der Waals surface area (Å²) in [5, 5.41) is 6.65. The van der Waals surface area contributed by atoms with Gasteiger partial charge in [0.05, 0.1) is 25.7 Å². The number of nitrogens with zero attached hydrogens (tertiary/aromatic N) is 1. The maximum atomic E-state index is 5.77. The number of fused-ring (bicyclic) bond motifs is 1. The summed E-state index contributed by atoms with van der Waals surface area (Å²) in [5.41, 5.74) is 0.868. The van der Waals surface area contributed by atoms with E-state index in [2.05, 4.69) is 15.6 Å². The van der Waals surface area contributed by atoms with E-state index in [0.717, 1.165) is 41.5 Å². The first-order valence-corrected chi connectivity index (χ1v) is 9.36. The van der Waals surface area contributed by atoms with Crippen LogP contribution in [0.3, 0.4) is 0 Å². The lowest BCUT2D eigenvalue weighted by Crippen LogP contribution is -2.32. The second-order valence-electron chi connectivity index (χ2n) is 6.34. The molecular formula is C21H24IN3O4. The molecule has 154 valence electrons. The molecule has 0 saturated heterocycles. The molecule has 0 amide bonds. The van der Waals surface area contributed by atoms with Gasteiger partial charge >= 0.3 is 0 Å². The molecule has 0 aliphatic carbocycles. The number of hydrogen-bond acceptors (Lipinski definition) is 5. The van der Waals surface area contributed by atoms with Crippen LogP contribution >= 0.6 is 24.0 Å². The van der Waals surface area contributed by atoms with Gasteiger partial charge in [0.15, 0.2) is 17.5 Å². The average Bonchev–Trinajstić information content (AvgIpc) is 3.37. The van der Waals surface area contributed by atoms with Gasteiger partial charge in [-0.05, 0) is 36.4 Å². The molecule has 8 heteroatoms. The molecule has 4 rings (SSSR count). The molecule has 0 fully saturated rings. The van der Waals surface area contributed by atoms with Crippen LogP contribution in [0.1, 0.15) is 17.9 Å². The van der Waals surface area contributed by atoms with Gasteiger partial charge in [-0.25, -0.2) is 4.99 Å². The number of anilines is 1. The SMILES string of the molecule is I.c1coc(CCNC(=NCc2ccco2)Nc2ccc3c(c2)OCCCO3)c1. The number of halogens is 1. The van der Waals surface area contributed by atoms with Gasteiger partial charge in [0, 0.05) is 31.1 Å². The van der Waals surface area contributed by atoms with E-state index in [1.54, 1.807) is 12.5 Å². The third kappa shape index (κ3) is 6.18. The van der Waals surface area contributed by atoms with Gasteiger partial charge in [-0.15, -0.1) is 24.0 Å². The van der Waals surface area contributed by atoms with E-state index in [0.29, 0.717) is 32.3 Å². The predicted molar refractivity (Wildman–Crippen MR) is 121 cm³/mol. The Morgan fingerprint density at radius 1 is 0.931 bits per heavy atom. The molecule has 2 N–H and O–H groups in total. The number of aliphatic imine (C=N–C) groups is 1. The monoisotopic (exact) mass is 509 g/mol. The summed E-state index contributed by atoms with van der Waals surface area (Å²) in [7, 11) is 0. The van der Waals surface area contributed by atoms with Gasteiger partial charge < -0.3 is 28.9 Å². The number of rotatable bonds is 6. The van der Waals surface area contributed by atoms with Crippen LogP contribution in [0.15, 0.2) is 68.8 Å². The lowest BCUT2D eigenvalue weighted by Gasteiger charge is -2.14. The fourth-order valence-electron chi connectivity index (χ4n) is 2.84. The second kappa shape index (κ2) is 10.8. The second-order valence-corrected chi connectivity index (χ2v) is 6.34. The van der Waals surface area contributed by atoms with E-state index in [-0.39, 0.29) is 24.0 Å². The Morgan fingerprint density at radius 2 is 1.69 bits per heavy atom. The first-order chi connectivity index (χ1) is 13.9. The van der Waals surface area contributed by atoms with E-state index in [1.165, 1.54) is 0 Å². The van der Waals surface area contributed by atoms with Crippen molar-refractivity contribution in [2.75, 3.05) is 25.1 Å². The lowest BCUT2D eigenvalue weighted by atomic mass is 10.2. The van der Waals surface area contributed by atoms with Crippen molar-refractivity contribution in [1.82, 2.24) is 5.32 Å². The summed E-state index contributed by atoms with van der Waals surface area (Å²) >= 11 is 0. The highest BCUT2D eigenvalue weighted by Gasteiger charge is 2.11. The van der Waals surface area contributed by atoms with Crippen LogP contribution in [0.2, 0.25) is 0 Å². The van der Waals surface area contributed by atoms with Crippen molar-refractivity contribution in [2.45, 2.75) is 19.4 Å². The van der Waals surface area contributed by atoms with Crippen LogP contribution in [0.5, 0.6) is 11.5 Å². The minimum absolute atomic E-state index is 0. The fourth-order valence-corrected chi connectivity index (χ4v) is 2.84. The van der Waals surface area contributed by atoms with Crippen molar-refractivity contribution in [2.24, 2.45) is 4.99 Å². The summed E-state index contributed by atoms with van der Waals surface area (Å²) in [6.07, 6.45) is 4.96. The van der Waals surface area contributed by atoms with Gasteiger partial charge in [-0.3, -0.25) is 0 Å². The van der Waals surface area contributed by atoms with E-state index in [9.17, 15) is 0 Å². The molecule has 0 spiro atoms. The molecule has 0 unspecified atom stereocenters. The number of furan rings is 2. The number of benzene rings is 1. The topological polar surface area (TPSA) is 81.2 Å². The molecular weight excluding hydrogens is 485 g/mol. The van der Waals surface area contributed by atoms with Crippen LogP contribution in [0.25, 0.3) is 0 Å². The van der Waals surface area contributed by atoms with E-state index in [4.69, 9.17) is 18.3 Å². The third-order valence-corrected chi connectivity index (χ3v) is 4.23. The summed E-state index contributed by atoms with van der Waals surface area (Å²) in [4.78, 5) is 4.61. The molecule has 3 aromatic rings. The molecule has 1 aromatic carbocycles. The van der Waals surface area contributed by atoms with E-state index >= 15 is 0 Å². The molecule has 0 atom stereocenters. The molecule has 7 nitrogen and oxygen atoms in total. The van der Waals surface area contributed by atoms with Gasteiger partial charge in [-0.1, -0.05) is 0 Å². The summed E-state index contributed by atoms with van der Waals surface area (Å²) in [5.74, 6) is 3.88. The lowest BCUT2D eigenvalue weighted by molar-refractivity contribution is 0.297. The number of ether oxygens (including phenoxy) is 2. The molecule has 29 heavy (non-hydrogen) atoms. The highest BCUT2D eigenvalue weighted by atomic mass is 127. The Hall–Kier alpha value is -2.62. The Kier molecular flexibility index (Phi) is 7.85. The maximum absolute atomic E-state index is 5.77. The minimum atomic E-state index is 0. The molecule has 3 heterocycles. The number of nitrogens with one attached hydrogen (secondary N) is 2. The fraction of sp³-hybridized carbons (Fsp3) is 0.286. The predicted octanol–water partition coefficient (Wildman–Crippen LogP) is 4.45. The quantitative estimate of drug-likeness (QED) is 0.291. The van der Waals surface area contributed by atoms with Crippen molar-refractivity contribution < 1.29 is 18.3 Å². The highest BCUT2D eigenvalue weighted by Crippen LogP contribution is 2.32. The first-order valence-electron chi connectivity index (χ1n) is 9.36. The van der Waals surface area contributed by atoms with Gasteiger partial charge in [0.25, 0.3) is 0 Å². The normalized spacial score (nSPS) is 13.3. The van der Waals surface area contributed by atoms with Crippen LogP contribution in [0, 0.1) is 0 Å². The van der Waals surface area contributed by atoms with Gasteiger partial charge in [0.2, 0.25) is 0 Å². The van der Waals surface area contributed by atoms with Gasteiger partial charge in [0.1, 0.15) is 18.1 Å². The smallest absolute Gasteiger partial charge is 0.196 e. The summed E-state index contributed by atoms with van der Waals surface area (Å²) < 4.78 is 22.2. The molecule has 0 bridgehead atoms. The van der Waals surface area contributed by atoms with Crippen molar-refractivity contribution in [1.29, 1.82) is 0 Å². The number of guanidine groups is 1. The van der Waals surface area contributed by atoms with Crippen molar-refractivity contribution in [3.05, 3.63) is 66.5 Å². The molecule has 1 aliphatic rings. The minimum Gasteiger partial charge on any atom is -0.490 e. The van der Waals surface area contributed by atoms with Crippen LogP contribution in [-0.4, -0.2) is 25.7 Å². The Balaban J connectivity index is 0.00000240. The van der Waals surface area contributed by atoms with Crippen molar-refractivity contribution >= 4 is 35.6 Å². The summed E-state index contributed by atoms with van der Waals surface area (Å²) in [6.45, 7) is 2.44. The summed E-state index contributed by atoms with van der Waals surface area (Å²) in [6, 6.07) is 13.4. The van der Waals surface area contributed by atoms with Crippen LogP contribution < -0.4 is 20.1 Å². The maximum Gasteiger partial charge on any atom is 0.196 e. The Bertz CT molecular complexity index is 895. The molecule has 1 aliphatic heterocycles. The molecule has 0 saturated carbocycles. The number of hydrogen-bond donors (Lipinski definition) is 2. The molecule has 2 aromatic heterocycles. The highest BCUT2D eigenvalue weighted by molar-refractivity contribution is 14.0. The zero-order valence-corrected chi connectivity index (χ0v) is 18.3.